The van der Waals surface area contributed by atoms with Gasteiger partial charge in [0.25, 0.3) is 0 Å². The Morgan fingerprint density at radius 3 is 1.49 bits per heavy atom. The lowest BCUT2D eigenvalue weighted by Gasteiger charge is -2.46. The molecule has 1 aliphatic rings. The van der Waals surface area contributed by atoms with Crippen LogP contribution in [-0.2, 0) is 56.7 Å². The summed E-state index contributed by atoms with van der Waals surface area (Å²) < 4.78 is 34.3. The Labute approximate surface area is 300 Å². The number of benzene rings is 6. The third-order valence-electron chi connectivity index (χ3n) is 9.33. The van der Waals surface area contributed by atoms with Crippen molar-refractivity contribution in [3.63, 3.8) is 0 Å². The van der Waals surface area contributed by atoms with E-state index >= 15 is 0 Å². The van der Waals surface area contributed by atoms with Crippen LogP contribution in [0.4, 0.5) is 0 Å². The van der Waals surface area contributed by atoms with Gasteiger partial charge in [0.2, 0.25) is 0 Å². The predicted octanol–water partition coefficient (Wildman–Crippen LogP) is 8.75. The van der Waals surface area contributed by atoms with Gasteiger partial charge in [-0.05, 0) is 50.2 Å². The second-order valence-corrected chi connectivity index (χ2v) is 12.9. The summed E-state index contributed by atoms with van der Waals surface area (Å²) in [6, 6.07) is 52.9. The Morgan fingerprint density at radius 2 is 0.941 bits per heavy atom. The SMILES string of the molecule is OCc1cc([C@@H]2O[C@H](COCc3ccccc3)[C@@H](OCc3ccccc3)[C@H](OCc3ccccc3)[C@H]2OCc2ccccc2)c2ccccc2c1. The van der Waals surface area contributed by atoms with Crippen LogP contribution in [0.25, 0.3) is 10.8 Å². The van der Waals surface area contributed by atoms with Gasteiger partial charge in [0.05, 0.1) is 39.6 Å². The molecule has 0 aliphatic carbocycles. The summed E-state index contributed by atoms with van der Waals surface area (Å²) in [6.07, 6.45) is -2.71. The van der Waals surface area contributed by atoms with E-state index in [-0.39, 0.29) is 13.2 Å². The molecule has 1 saturated heterocycles. The van der Waals surface area contributed by atoms with Gasteiger partial charge < -0.3 is 28.8 Å². The molecule has 6 heteroatoms. The first kappa shape index (κ1) is 34.8. The molecule has 0 spiro atoms. The third-order valence-corrected chi connectivity index (χ3v) is 9.33. The zero-order chi connectivity index (χ0) is 34.7. The number of ether oxygens (including phenoxy) is 5. The number of fused-ring (bicyclic) bond motifs is 1. The lowest BCUT2D eigenvalue weighted by Crippen LogP contribution is -2.58. The first-order valence-corrected chi connectivity index (χ1v) is 17.6. The molecule has 1 N–H and O–H groups in total. The van der Waals surface area contributed by atoms with Crippen LogP contribution in [0, 0.1) is 0 Å². The van der Waals surface area contributed by atoms with Crippen molar-refractivity contribution in [1.82, 2.24) is 0 Å². The van der Waals surface area contributed by atoms with E-state index in [9.17, 15) is 5.11 Å². The molecule has 260 valence electrons. The lowest BCUT2D eigenvalue weighted by molar-refractivity contribution is -0.274. The zero-order valence-corrected chi connectivity index (χ0v) is 28.6. The van der Waals surface area contributed by atoms with Gasteiger partial charge in [-0.3, -0.25) is 0 Å². The minimum Gasteiger partial charge on any atom is -0.392 e. The fourth-order valence-corrected chi connectivity index (χ4v) is 6.77. The van der Waals surface area contributed by atoms with Crippen LogP contribution in [0.15, 0.2) is 158 Å². The highest BCUT2D eigenvalue weighted by Crippen LogP contribution is 2.41. The highest BCUT2D eigenvalue weighted by Gasteiger charge is 2.49. The maximum Gasteiger partial charge on any atom is 0.117 e. The molecular weight excluding hydrogens is 636 g/mol. The van der Waals surface area contributed by atoms with Gasteiger partial charge in [0.15, 0.2) is 0 Å². The first-order chi connectivity index (χ1) is 25.2. The molecule has 6 aromatic carbocycles. The Bertz CT molecular complexity index is 1920. The number of hydrogen-bond acceptors (Lipinski definition) is 6. The van der Waals surface area contributed by atoms with Gasteiger partial charge in [-0.25, -0.2) is 0 Å². The Morgan fingerprint density at radius 1 is 0.471 bits per heavy atom. The summed E-state index contributed by atoms with van der Waals surface area (Å²) in [7, 11) is 0. The smallest absolute Gasteiger partial charge is 0.117 e. The zero-order valence-electron chi connectivity index (χ0n) is 28.6. The first-order valence-electron chi connectivity index (χ1n) is 17.6. The summed E-state index contributed by atoms with van der Waals surface area (Å²) >= 11 is 0. The summed E-state index contributed by atoms with van der Waals surface area (Å²) in [5, 5.41) is 12.4. The molecule has 1 fully saturated rings. The number of aliphatic hydroxyl groups is 1. The van der Waals surface area contributed by atoms with Gasteiger partial charge in [-0.1, -0.05) is 152 Å². The molecule has 0 amide bonds. The molecule has 1 aliphatic heterocycles. The summed E-state index contributed by atoms with van der Waals surface area (Å²) in [5.41, 5.74) is 5.95. The van der Waals surface area contributed by atoms with E-state index in [2.05, 4.69) is 60.7 Å². The van der Waals surface area contributed by atoms with E-state index in [1.807, 2.05) is 97.1 Å². The molecule has 6 aromatic rings. The van der Waals surface area contributed by atoms with Gasteiger partial charge in [0.1, 0.15) is 30.5 Å². The topological polar surface area (TPSA) is 66.4 Å². The Balaban J connectivity index is 1.30. The second-order valence-electron chi connectivity index (χ2n) is 12.9. The normalized spacial score (nSPS) is 20.4. The van der Waals surface area contributed by atoms with E-state index in [1.54, 1.807) is 0 Å². The van der Waals surface area contributed by atoms with Gasteiger partial charge >= 0.3 is 0 Å². The van der Waals surface area contributed by atoms with E-state index in [4.69, 9.17) is 23.7 Å². The number of rotatable bonds is 15. The van der Waals surface area contributed by atoms with Crippen LogP contribution in [0.1, 0.15) is 39.5 Å². The van der Waals surface area contributed by atoms with Crippen LogP contribution in [-0.4, -0.2) is 36.1 Å². The van der Waals surface area contributed by atoms with Crippen molar-refractivity contribution in [2.75, 3.05) is 6.61 Å². The molecule has 51 heavy (non-hydrogen) atoms. The molecule has 0 radical (unpaired) electrons. The van der Waals surface area contributed by atoms with Crippen molar-refractivity contribution in [2.45, 2.75) is 63.6 Å². The summed E-state index contributed by atoms with van der Waals surface area (Å²) in [5.74, 6) is 0. The maximum absolute atomic E-state index is 10.4. The standard InChI is InChI=1S/C45H44O6/c46-27-37-25-38-23-13-14-24-39(38)40(26-37)42-44(49-30-35-19-9-3-10-20-35)45(50-31-36-21-11-4-12-22-36)43(48-29-34-17-7-2-8-18-34)41(51-42)32-47-28-33-15-5-1-6-16-33/h1-26,41-46H,27-32H2/t41-,42+,43-,44+,45+/m1/s1. The molecule has 7 rings (SSSR count). The van der Waals surface area contributed by atoms with Crippen molar-refractivity contribution in [3.8, 4) is 0 Å². The average Bonchev–Trinajstić information content (AvgIpc) is 3.20. The van der Waals surface area contributed by atoms with Crippen LogP contribution in [0.2, 0.25) is 0 Å². The van der Waals surface area contributed by atoms with Crippen LogP contribution in [0.5, 0.6) is 0 Å². The van der Waals surface area contributed by atoms with Crippen LogP contribution >= 0.6 is 0 Å². The molecule has 0 saturated carbocycles. The molecule has 1 heterocycles. The third kappa shape index (κ3) is 8.99. The minimum absolute atomic E-state index is 0.0968. The fraction of sp³-hybridized carbons (Fsp3) is 0.244. The van der Waals surface area contributed by atoms with Gasteiger partial charge in [0, 0.05) is 0 Å². The van der Waals surface area contributed by atoms with E-state index < -0.39 is 30.5 Å². The Hall–Kier alpha value is -4.66. The molecule has 5 atom stereocenters. The quantitative estimate of drug-likeness (QED) is 0.117. The monoisotopic (exact) mass is 680 g/mol. The Kier molecular flexibility index (Phi) is 11.9. The van der Waals surface area contributed by atoms with E-state index in [0.717, 1.165) is 44.2 Å². The molecule has 6 nitrogen and oxygen atoms in total. The van der Waals surface area contributed by atoms with Crippen molar-refractivity contribution in [3.05, 3.63) is 191 Å². The molecule has 0 unspecified atom stereocenters. The van der Waals surface area contributed by atoms with Crippen LogP contribution in [0.3, 0.4) is 0 Å². The minimum atomic E-state index is -0.572. The molecular formula is C45H44O6. The second kappa shape index (κ2) is 17.5. The molecule has 0 aromatic heterocycles. The van der Waals surface area contributed by atoms with E-state index in [1.165, 1.54) is 0 Å². The van der Waals surface area contributed by atoms with Crippen molar-refractivity contribution >= 4 is 10.8 Å². The summed E-state index contributed by atoms with van der Waals surface area (Å²) in [4.78, 5) is 0. The number of aliphatic hydroxyl groups excluding tert-OH is 1. The maximum atomic E-state index is 10.4. The predicted molar refractivity (Wildman–Crippen MR) is 199 cm³/mol. The van der Waals surface area contributed by atoms with Crippen molar-refractivity contribution in [1.29, 1.82) is 0 Å². The fourth-order valence-electron chi connectivity index (χ4n) is 6.77. The lowest BCUT2D eigenvalue weighted by atomic mass is 9.87. The van der Waals surface area contributed by atoms with Gasteiger partial charge in [-0.2, -0.15) is 0 Å². The summed E-state index contributed by atoms with van der Waals surface area (Å²) in [6.45, 7) is 1.70. The van der Waals surface area contributed by atoms with E-state index in [0.29, 0.717) is 26.4 Å². The van der Waals surface area contributed by atoms with Crippen molar-refractivity contribution in [2.24, 2.45) is 0 Å². The highest BCUT2D eigenvalue weighted by molar-refractivity contribution is 5.87. The largest absolute Gasteiger partial charge is 0.392 e. The van der Waals surface area contributed by atoms with Crippen LogP contribution < -0.4 is 0 Å². The average molecular weight is 681 g/mol. The van der Waals surface area contributed by atoms with Gasteiger partial charge in [-0.15, -0.1) is 0 Å². The highest BCUT2D eigenvalue weighted by atomic mass is 16.6. The van der Waals surface area contributed by atoms with Crippen molar-refractivity contribution < 1.29 is 28.8 Å². The number of hydrogen-bond donors (Lipinski definition) is 1. The molecule has 0 bridgehead atoms.